The number of rotatable bonds is 2. The van der Waals surface area contributed by atoms with Gasteiger partial charge in [0, 0.05) is 5.69 Å². The summed E-state index contributed by atoms with van der Waals surface area (Å²) in [7, 11) is 0. The van der Waals surface area contributed by atoms with E-state index >= 15 is 0 Å². The zero-order valence-corrected chi connectivity index (χ0v) is 8.41. The zero-order chi connectivity index (χ0) is 13.0. The van der Waals surface area contributed by atoms with Gasteiger partial charge in [-0.05, 0) is 18.2 Å². The number of phenols is 1. The Morgan fingerprint density at radius 3 is 2.53 bits per heavy atom. The third-order valence-corrected chi connectivity index (χ3v) is 1.83. The second-order valence-corrected chi connectivity index (χ2v) is 2.98. The van der Waals surface area contributed by atoms with Crippen molar-refractivity contribution < 1.29 is 25.0 Å². The van der Waals surface area contributed by atoms with Gasteiger partial charge in [0.15, 0.2) is 0 Å². The van der Waals surface area contributed by atoms with Crippen LogP contribution in [0.3, 0.4) is 0 Å². The second-order valence-electron chi connectivity index (χ2n) is 2.98. The Morgan fingerprint density at radius 1 is 1.35 bits per heavy atom. The molecule has 17 heavy (non-hydrogen) atoms. The molecule has 1 aromatic carbocycles. The predicted molar refractivity (Wildman–Crippen MR) is 57.1 cm³/mol. The van der Waals surface area contributed by atoms with Crippen LogP contribution < -0.4 is 11.1 Å². The zero-order valence-electron chi connectivity index (χ0n) is 8.41. The van der Waals surface area contributed by atoms with Crippen LogP contribution >= 0.6 is 0 Å². The van der Waals surface area contributed by atoms with Crippen LogP contribution in [0.1, 0.15) is 10.4 Å². The highest BCUT2D eigenvalue weighted by Crippen LogP contribution is 2.21. The van der Waals surface area contributed by atoms with Gasteiger partial charge in [-0.2, -0.15) is 0 Å². The van der Waals surface area contributed by atoms with Gasteiger partial charge in [-0.25, -0.2) is 4.79 Å². The summed E-state index contributed by atoms with van der Waals surface area (Å²) in [5, 5.41) is 30.8. The molecule has 0 aliphatic rings. The minimum absolute atomic E-state index is 0.0943. The molecule has 1 rings (SSSR count). The van der Waals surface area contributed by atoms with E-state index in [4.69, 9.17) is 16.0 Å². The summed E-state index contributed by atoms with van der Waals surface area (Å²) in [5.41, 5.74) is 4.74. The minimum atomic E-state index is -1.35. The smallest absolute Gasteiger partial charge is 0.339 e. The fourth-order valence-electron chi connectivity index (χ4n) is 1.03. The highest BCUT2D eigenvalue weighted by molar-refractivity contribution is 6.41. The molecule has 0 bridgehead atoms. The Labute approximate surface area is 95.0 Å². The fraction of sp³-hybridized carbons (Fsp3) is 0. The lowest BCUT2D eigenvalue weighted by Crippen LogP contribution is -2.30. The van der Waals surface area contributed by atoms with Gasteiger partial charge in [0.25, 0.3) is 5.91 Å². The van der Waals surface area contributed by atoms with E-state index in [2.05, 4.69) is 10.5 Å². The largest absolute Gasteiger partial charge is 0.507 e. The van der Waals surface area contributed by atoms with Crippen LogP contribution in [0.4, 0.5) is 5.69 Å². The number of oxime groups is 1. The van der Waals surface area contributed by atoms with E-state index in [1.807, 2.05) is 0 Å². The number of nitrogens with one attached hydrogen (secondary N) is 1. The molecule has 0 radical (unpaired) electrons. The van der Waals surface area contributed by atoms with Crippen molar-refractivity contribution in [1.82, 2.24) is 0 Å². The van der Waals surface area contributed by atoms with Gasteiger partial charge in [-0.3, -0.25) is 4.79 Å². The molecule has 0 spiro atoms. The average molecular weight is 239 g/mol. The van der Waals surface area contributed by atoms with E-state index in [-0.39, 0.29) is 11.3 Å². The molecule has 0 saturated carbocycles. The molecule has 0 unspecified atom stereocenters. The SMILES string of the molecule is N/C(=N/O)C(=O)Nc1ccc(O)c(C(=O)O)c1. The number of aromatic hydroxyl groups is 1. The lowest BCUT2D eigenvalue weighted by Gasteiger charge is -2.05. The number of carbonyl (C=O) groups is 2. The van der Waals surface area contributed by atoms with Crippen molar-refractivity contribution >= 4 is 23.4 Å². The van der Waals surface area contributed by atoms with E-state index in [1.54, 1.807) is 0 Å². The highest BCUT2D eigenvalue weighted by atomic mass is 16.4. The molecule has 0 fully saturated rings. The molecule has 0 aromatic heterocycles. The number of nitrogens with two attached hydrogens (primary N) is 1. The summed E-state index contributed by atoms with van der Waals surface area (Å²) in [6.45, 7) is 0. The third-order valence-electron chi connectivity index (χ3n) is 1.83. The number of carboxylic acids is 1. The standard InChI is InChI=1S/C9H9N3O5/c10-7(12-17)8(14)11-4-1-2-6(13)5(3-4)9(15)16/h1-3,13,17H,(H2,10,12)(H,11,14)(H,15,16). The maximum absolute atomic E-state index is 11.2. The van der Waals surface area contributed by atoms with Gasteiger partial charge in [-0.15, -0.1) is 0 Å². The summed E-state index contributed by atoms with van der Waals surface area (Å²) in [6.07, 6.45) is 0. The van der Waals surface area contributed by atoms with Gasteiger partial charge in [0.2, 0.25) is 5.84 Å². The number of aromatic carboxylic acids is 1. The van der Waals surface area contributed by atoms with Crippen LogP contribution in [-0.4, -0.2) is 33.1 Å². The number of amidine groups is 1. The Kier molecular flexibility index (Phi) is 3.50. The van der Waals surface area contributed by atoms with Crippen molar-refractivity contribution in [3.05, 3.63) is 23.8 Å². The Balaban J connectivity index is 2.98. The first-order valence-corrected chi connectivity index (χ1v) is 4.31. The molecule has 8 nitrogen and oxygen atoms in total. The van der Waals surface area contributed by atoms with E-state index in [0.29, 0.717) is 0 Å². The normalized spacial score (nSPS) is 10.9. The molecular formula is C9H9N3O5. The minimum Gasteiger partial charge on any atom is -0.507 e. The van der Waals surface area contributed by atoms with Crippen LogP contribution in [0.15, 0.2) is 23.4 Å². The summed E-state index contributed by atoms with van der Waals surface area (Å²) >= 11 is 0. The van der Waals surface area contributed by atoms with Gasteiger partial charge in [0.05, 0.1) is 0 Å². The van der Waals surface area contributed by atoms with Gasteiger partial charge in [0.1, 0.15) is 11.3 Å². The molecule has 0 atom stereocenters. The second kappa shape index (κ2) is 4.84. The van der Waals surface area contributed by atoms with Crippen LogP contribution in [-0.2, 0) is 4.79 Å². The quantitative estimate of drug-likeness (QED) is 0.158. The first-order valence-electron chi connectivity index (χ1n) is 4.31. The van der Waals surface area contributed by atoms with Gasteiger partial charge < -0.3 is 26.5 Å². The number of hydrogen-bond acceptors (Lipinski definition) is 5. The van der Waals surface area contributed by atoms with Gasteiger partial charge >= 0.3 is 5.97 Å². The van der Waals surface area contributed by atoms with Crippen LogP contribution in [0.25, 0.3) is 0 Å². The average Bonchev–Trinajstić information content (AvgIpc) is 2.30. The number of carboxylic acid groups (broad SMARTS) is 1. The fourth-order valence-corrected chi connectivity index (χ4v) is 1.03. The monoisotopic (exact) mass is 239 g/mol. The van der Waals surface area contributed by atoms with Crippen molar-refractivity contribution in [3.8, 4) is 5.75 Å². The van der Waals surface area contributed by atoms with Crippen LogP contribution in [0.5, 0.6) is 5.75 Å². The summed E-state index contributed by atoms with van der Waals surface area (Å²) < 4.78 is 0. The number of amides is 1. The Hall–Kier alpha value is -2.77. The summed E-state index contributed by atoms with van der Waals surface area (Å²) in [5.74, 6) is -3.34. The molecule has 0 aliphatic heterocycles. The maximum Gasteiger partial charge on any atom is 0.339 e. The first kappa shape index (κ1) is 12.3. The number of benzene rings is 1. The van der Waals surface area contributed by atoms with E-state index in [0.717, 1.165) is 12.1 Å². The molecule has 1 amide bonds. The van der Waals surface area contributed by atoms with E-state index in [9.17, 15) is 14.7 Å². The number of carbonyl (C=O) groups excluding carboxylic acids is 1. The molecule has 0 heterocycles. The lowest BCUT2D eigenvalue weighted by molar-refractivity contribution is -0.110. The van der Waals surface area contributed by atoms with Crippen molar-refractivity contribution in [3.63, 3.8) is 0 Å². The Morgan fingerprint density at radius 2 is 2.00 bits per heavy atom. The first-order chi connectivity index (χ1) is 7.95. The molecule has 0 saturated heterocycles. The molecular weight excluding hydrogens is 230 g/mol. The number of hydrogen-bond donors (Lipinski definition) is 5. The molecule has 0 aliphatic carbocycles. The highest BCUT2D eigenvalue weighted by Gasteiger charge is 2.13. The van der Waals surface area contributed by atoms with Crippen molar-refractivity contribution in [1.29, 1.82) is 0 Å². The summed E-state index contributed by atoms with van der Waals surface area (Å²) in [4.78, 5) is 21.9. The van der Waals surface area contributed by atoms with Gasteiger partial charge in [-0.1, -0.05) is 5.16 Å². The predicted octanol–water partition coefficient (Wildman–Crippen LogP) is -0.225. The van der Waals surface area contributed by atoms with E-state index in [1.165, 1.54) is 6.07 Å². The molecule has 6 N–H and O–H groups in total. The molecule has 90 valence electrons. The Bertz CT molecular complexity index is 497. The lowest BCUT2D eigenvalue weighted by atomic mass is 10.2. The topological polar surface area (TPSA) is 145 Å². The van der Waals surface area contributed by atoms with Crippen molar-refractivity contribution in [2.45, 2.75) is 0 Å². The molecule has 8 heteroatoms. The number of nitrogens with zero attached hydrogens (tertiary/aromatic N) is 1. The van der Waals surface area contributed by atoms with Crippen LogP contribution in [0, 0.1) is 0 Å². The van der Waals surface area contributed by atoms with Crippen molar-refractivity contribution in [2.75, 3.05) is 5.32 Å². The third kappa shape index (κ3) is 2.84. The van der Waals surface area contributed by atoms with E-state index < -0.39 is 23.5 Å². The molecule has 1 aromatic rings. The number of anilines is 1. The van der Waals surface area contributed by atoms with Crippen molar-refractivity contribution in [2.24, 2.45) is 10.9 Å². The van der Waals surface area contributed by atoms with Crippen LogP contribution in [0.2, 0.25) is 0 Å². The summed E-state index contributed by atoms with van der Waals surface area (Å²) in [6, 6.07) is 3.41. The maximum atomic E-state index is 11.2.